The first-order valence-corrected chi connectivity index (χ1v) is 6.83. The fourth-order valence-electron chi connectivity index (χ4n) is 1.36. The highest BCUT2D eigenvalue weighted by atomic mass is 32.2. The number of para-hydroxylation sites is 1. The Kier molecular flexibility index (Phi) is 4.14. The van der Waals surface area contributed by atoms with Crippen molar-refractivity contribution < 1.29 is 8.42 Å². The molecule has 0 atom stereocenters. The van der Waals surface area contributed by atoms with Crippen LogP contribution in [0.1, 0.15) is 5.56 Å². The van der Waals surface area contributed by atoms with Gasteiger partial charge in [-0.15, -0.1) is 0 Å². The van der Waals surface area contributed by atoms with Gasteiger partial charge in [0.05, 0.1) is 17.6 Å². The fourth-order valence-corrected chi connectivity index (χ4v) is 1.83. The zero-order chi connectivity index (χ0) is 12.2. The number of sulfonamides is 1. The van der Waals surface area contributed by atoms with Gasteiger partial charge in [-0.05, 0) is 18.6 Å². The molecule has 0 heterocycles. The van der Waals surface area contributed by atoms with E-state index < -0.39 is 10.0 Å². The Morgan fingerprint density at radius 1 is 1.31 bits per heavy atom. The standard InChI is InChI=1S/C10H17N3O2S/c1-8-4-3-5-9(11)10(8)12-6-7-13-16(2,14)15/h3-5,12-13H,6-7,11H2,1-2H3. The second kappa shape index (κ2) is 5.18. The minimum absolute atomic E-state index is 0.340. The quantitative estimate of drug-likeness (QED) is 0.520. The minimum Gasteiger partial charge on any atom is -0.397 e. The van der Waals surface area contributed by atoms with E-state index in [0.29, 0.717) is 18.8 Å². The van der Waals surface area contributed by atoms with Gasteiger partial charge in [0.15, 0.2) is 0 Å². The van der Waals surface area contributed by atoms with E-state index >= 15 is 0 Å². The van der Waals surface area contributed by atoms with Crippen molar-refractivity contribution >= 4 is 21.4 Å². The highest BCUT2D eigenvalue weighted by Crippen LogP contribution is 2.21. The molecule has 1 aromatic rings. The smallest absolute Gasteiger partial charge is 0.208 e. The molecule has 90 valence electrons. The summed E-state index contributed by atoms with van der Waals surface area (Å²) < 4.78 is 24.0. The molecule has 0 fully saturated rings. The van der Waals surface area contributed by atoms with Crippen molar-refractivity contribution in [2.24, 2.45) is 0 Å². The third-order valence-corrected chi connectivity index (χ3v) is 2.82. The Morgan fingerprint density at radius 2 is 2.00 bits per heavy atom. The molecule has 0 bridgehead atoms. The van der Waals surface area contributed by atoms with Crippen LogP contribution in [0.5, 0.6) is 0 Å². The van der Waals surface area contributed by atoms with Gasteiger partial charge in [0.25, 0.3) is 0 Å². The van der Waals surface area contributed by atoms with Gasteiger partial charge in [-0.1, -0.05) is 12.1 Å². The monoisotopic (exact) mass is 243 g/mol. The highest BCUT2D eigenvalue weighted by molar-refractivity contribution is 7.88. The van der Waals surface area contributed by atoms with Crippen LogP contribution in [0, 0.1) is 6.92 Å². The van der Waals surface area contributed by atoms with E-state index in [1.165, 1.54) is 0 Å². The summed E-state index contributed by atoms with van der Waals surface area (Å²) >= 11 is 0. The Bertz CT molecular complexity index is 437. The number of anilines is 2. The Hall–Kier alpha value is -1.27. The average Bonchev–Trinajstić information content (AvgIpc) is 2.14. The lowest BCUT2D eigenvalue weighted by molar-refractivity contribution is 0.589. The maximum Gasteiger partial charge on any atom is 0.208 e. The van der Waals surface area contributed by atoms with Crippen LogP contribution in [0.2, 0.25) is 0 Å². The zero-order valence-corrected chi connectivity index (χ0v) is 10.3. The van der Waals surface area contributed by atoms with Gasteiger partial charge in [-0.2, -0.15) is 0 Å². The van der Waals surface area contributed by atoms with Crippen molar-refractivity contribution in [2.75, 3.05) is 30.4 Å². The molecular weight excluding hydrogens is 226 g/mol. The second-order valence-electron chi connectivity index (χ2n) is 3.63. The molecule has 0 radical (unpaired) electrons. The van der Waals surface area contributed by atoms with Crippen LogP contribution in [0.25, 0.3) is 0 Å². The molecule has 0 aliphatic carbocycles. The lowest BCUT2D eigenvalue weighted by Crippen LogP contribution is -2.27. The van der Waals surface area contributed by atoms with Gasteiger partial charge in [-0.25, -0.2) is 13.1 Å². The van der Waals surface area contributed by atoms with Crippen molar-refractivity contribution in [3.8, 4) is 0 Å². The fraction of sp³-hybridized carbons (Fsp3) is 0.400. The van der Waals surface area contributed by atoms with Crippen molar-refractivity contribution in [2.45, 2.75) is 6.92 Å². The predicted octanol–water partition coefficient (Wildman–Crippen LogP) is 0.538. The number of hydrogen-bond donors (Lipinski definition) is 3. The molecule has 0 saturated carbocycles. The van der Waals surface area contributed by atoms with Crippen molar-refractivity contribution in [3.05, 3.63) is 23.8 Å². The first-order chi connectivity index (χ1) is 7.40. The Morgan fingerprint density at radius 3 is 2.56 bits per heavy atom. The number of hydrogen-bond acceptors (Lipinski definition) is 4. The first kappa shape index (κ1) is 12.8. The van der Waals surface area contributed by atoms with Crippen molar-refractivity contribution in [3.63, 3.8) is 0 Å². The SMILES string of the molecule is Cc1cccc(N)c1NCCNS(C)(=O)=O. The molecule has 5 nitrogen and oxygen atoms in total. The molecule has 0 aliphatic rings. The predicted molar refractivity (Wildman–Crippen MR) is 66.9 cm³/mol. The van der Waals surface area contributed by atoms with Crippen LogP contribution in [0.3, 0.4) is 0 Å². The summed E-state index contributed by atoms with van der Waals surface area (Å²) in [5.41, 5.74) is 8.35. The molecular formula is C10H17N3O2S. The molecule has 4 N–H and O–H groups in total. The van der Waals surface area contributed by atoms with Gasteiger partial charge in [0.1, 0.15) is 0 Å². The van der Waals surface area contributed by atoms with Gasteiger partial charge in [0.2, 0.25) is 10.0 Å². The molecule has 0 aliphatic heterocycles. The van der Waals surface area contributed by atoms with Crippen molar-refractivity contribution in [1.82, 2.24) is 4.72 Å². The topological polar surface area (TPSA) is 84.2 Å². The largest absolute Gasteiger partial charge is 0.397 e. The van der Waals surface area contributed by atoms with E-state index in [9.17, 15) is 8.42 Å². The van der Waals surface area contributed by atoms with Crippen LogP contribution in [-0.4, -0.2) is 27.8 Å². The Balaban J connectivity index is 2.49. The lowest BCUT2D eigenvalue weighted by atomic mass is 10.1. The first-order valence-electron chi connectivity index (χ1n) is 4.94. The van der Waals surface area contributed by atoms with E-state index in [-0.39, 0.29) is 0 Å². The molecule has 0 aromatic heterocycles. The van der Waals surface area contributed by atoms with E-state index in [4.69, 9.17) is 5.73 Å². The summed E-state index contributed by atoms with van der Waals surface area (Å²) in [6.07, 6.45) is 1.13. The van der Waals surface area contributed by atoms with Gasteiger partial charge in [-0.3, -0.25) is 0 Å². The number of nitrogens with one attached hydrogen (secondary N) is 2. The third-order valence-electron chi connectivity index (χ3n) is 2.10. The highest BCUT2D eigenvalue weighted by Gasteiger charge is 2.02. The molecule has 16 heavy (non-hydrogen) atoms. The molecule has 6 heteroatoms. The van der Waals surface area contributed by atoms with Crippen molar-refractivity contribution in [1.29, 1.82) is 0 Å². The average molecular weight is 243 g/mol. The van der Waals surface area contributed by atoms with E-state index in [1.54, 1.807) is 6.07 Å². The third kappa shape index (κ3) is 4.08. The minimum atomic E-state index is -3.12. The van der Waals surface area contributed by atoms with Crippen LogP contribution in [0.15, 0.2) is 18.2 Å². The van der Waals surface area contributed by atoms with Crippen LogP contribution in [0.4, 0.5) is 11.4 Å². The molecule has 0 spiro atoms. The molecule has 0 saturated heterocycles. The van der Waals surface area contributed by atoms with Gasteiger partial charge in [0, 0.05) is 13.1 Å². The summed E-state index contributed by atoms with van der Waals surface area (Å²) in [5, 5.41) is 3.10. The summed E-state index contributed by atoms with van der Waals surface area (Å²) in [6.45, 7) is 2.79. The van der Waals surface area contributed by atoms with E-state index in [0.717, 1.165) is 17.5 Å². The lowest BCUT2D eigenvalue weighted by Gasteiger charge is -2.12. The van der Waals surface area contributed by atoms with Crippen LogP contribution in [-0.2, 0) is 10.0 Å². The number of rotatable bonds is 5. The second-order valence-corrected chi connectivity index (χ2v) is 5.47. The maximum atomic E-state index is 10.8. The zero-order valence-electron chi connectivity index (χ0n) is 9.45. The number of nitrogen functional groups attached to an aromatic ring is 1. The van der Waals surface area contributed by atoms with E-state index in [2.05, 4.69) is 10.0 Å². The summed E-state index contributed by atoms with van der Waals surface area (Å²) in [4.78, 5) is 0. The summed E-state index contributed by atoms with van der Waals surface area (Å²) in [5.74, 6) is 0. The summed E-state index contributed by atoms with van der Waals surface area (Å²) in [6, 6.07) is 5.63. The van der Waals surface area contributed by atoms with Crippen LogP contribution < -0.4 is 15.8 Å². The molecule has 0 unspecified atom stereocenters. The molecule has 1 aromatic carbocycles. The summed E-state index contributed by atoms with van der Waals surface area (Å²) in [7, 11) is -3.12. The number of aryl methyl sites for hydroxylation is 1. The van der Waals surface area contributed by atoms with E-state index in [1.807, 2.05) is 19.1 Å². The number of benzene rings is 1. The molecule has 1 rings (SSSR count). The van der Waals surface area contributed by atoms with Gasteiger partial charge >= 0.3 is 0 Å². The van der Waals surface area contributed by atoms with Gasteiger partial charge < -0.3 is 11.1 Å². The Labute approximate surface area is 96.1 Å². The molecule has 0 amide bonds. The number of nitrogens with two attached hydrogens (primary N) is 1. The normalized spacial score (nSPS) is 11.4. The maximum absolute atomic E-state index is 10.8. The van der Waals surface area contributed by atoms with Crippen LogP contribution >= 0.6 is 0 Å².